The van der Waals surface area contributed by atoms with Crippen LogP contribution in [0.5, 0.6) is 0 Å². The minimum atomic E-state index is -0.719. The molecule has 0 heterocycles. The van der Waals surface area contributed by atoms with Gasteiger partial charge in [-0.15, -0.1) is 0 Å². The van der Waals surface area contributed by atoms with Gasteiger partial charge in [-0.1, -0.05) is 59.7 Å². The van der Waals surface area contributed by atoms with Crippen molar-refractivity contribution in [3.05, 3.63) is 70.8 Å². The van der Waals surface area contributed by atoms with Crippen LogP contribution in [0.2, 0.25) is 0 Å². The van der Waals surface area contributed by atoms with Crippen LogP contribution < -0.4 is 5.73 Å². The average molecular weight is 255 g/mol. The Labute approximate surface area is 114 Å². The molecule has 0 aliphatic carbocycles. The molecular formula is C17H21NO. The van der Waals surface area contributed by atoms with Crippen LogP contribution in [0.25, 0.3) is 0 Å². The van der Waals surface area contributed by atoms with Gasteiger partial charge >= 0.3 is 0 Å². The Hall–Kier alpha value is -1.64. The molecule has 19 heavy (non-hydrogen) atoms. The summed E-state index contributed by atoms with van der Waals surface area (Å²) in [6, 6.07) is 16.3. The van der Waals surface area contributed by atoms with Gasteiger partial charge in [-0.2, -0.15) is 0 Å². The van der Waals surface area contributed by atoms with Crippen molar-refractivity contribution >= 4 is 0 Å². The van der Waals surface area contributed by atoms with Gasteiger partial charge in [-0.25, -0.2) is 0 Å². The molecule has 0 spiro atoms. The molecule has 2 aromatic rings. The van der Waals surface area contributed by atoms with Gasteiger partial charge in [0, 0.05) is 0 Å². The molecule has 0 amide bonds. The first kappa shape index (κ1) is 13.8. The van der Waals surface area contributed by atoms with Crippen molar-refractivity contribution in [1.82, 2.24) is 0 Å². The zero-order valence-corrected chi connectivity index (χ0v) is 11.6. The highest BCUT2D eigenvalue weighted by Gasteiger charge is 2.26. The van der Waals surface area contributed by atoms with Crippen LogP contribution in [-0.4, -0.2) is 11.7 Å². The summed E-state index contributed by atoms with van der Waals surface area (Å²) >= 11 is 0. The summed E-state index contributed by atoms with van der Waals surface area (Å²) in [4.78, 5) is 0. The van der Waals surface area contributed by atoms with Crippen molar-refractivity contribution in [2.45, 2.75) is 25.8 Å². The number of nitrogens with two attached hydrogens (primary N) is 1. The topological polar surface area (TPSA) is 46.2 Å². The summed E-state index contributed by atoms with van der Waals surface area (Å²) in [5.74, 6) is 0. The molecule has 0 saturated heterocycles. The normalized spacial score (nSPS) is 14.1. The van der Waals surface area contributed by atoms with Crippen molar-refractivity contribution < 1.29 is 5.11 Å². The maximum Gasteiger partial charge on any atom is 0.0684 e. The Kier molecular flexibility index (Phi) is 4.03. The second kappa shape index (κ2) is 5.55. The molecule has 0 aliphatic rings. The van der Waals surface area contributed by atoms with Crippen LogP contribution in [0.3, 0.4) is 0 Å². The van der Waals surface area contributed by atoms with E-state index in [0.717, 1.165) is 11.1 Å². The Morgan fingerprint density at radius 1 is 0.895 bits per heavy atom. The van der Waals surface area contributed by atoms with E-state index in [0.29, 0.717) is 6.42 Å². The summed E-state index contributed by atoms with van der Waals surface area (Å²) in [6.45, 7) is 4.04. The van der Waals surface area contributed by atoms with Crippen LogP contribution in [0, 0.1) is 13.8 Å². The highest BCUT2D eigenvalue weighted by atomic mass is 16.3. The lowest BCUT2D eigenvalue weighted by Crippen LogP contribution is -2.42. The number of benzene rings is 2. The standard InChI is InChI=1S/C17H21NO/c1-13-3-7-15(8-4-13)11-17(18,12-19)16-9-5-14(2)6-10-16/h3-10,19H,11-12,18H2,1-2H3. The summed E-state index contributed by atoms with van der Waals surface area (Å²) in [6.07, 6.45) is 0.632. The molecule has 3 N–H and O–H groups in total. The number of aliphatic hydroxyl groups is 1. The monoisotopic (exact) mass is 255 g/mol. The van der Waals surface area contributed by atoms with Gasteiger partial charge in [-0.3, -0.25) is 0 Å². The Morgan fingerprint density at radius 3 is 1.84 bits per heavy atom. The first-order chi connectivity index (χ1) is 9.03. The lowest BCUT2D eigenvalue weighted by atomic mass is 9.85. The number of rotatable bonds is 4. The van der Waals surface area contributed by atoms with Crippen molar-refractivity contribution in [2.75, 3.05) is 6.61 Å². The predicted octanol–water partition coefficient (Wildman–Crippen LogP) is 2.69. The predicted molar refractivity (Wildman–Crippen MR) is 79.0 cm³/mol. The molecule has 0 saturated carbocycles. The highest BCUT2D eigenvalue weighted by molar-refractivity contribution is 5.31. The molecule has 1 atom stereocenters. The first-order valence-electron chi connectivity index (χ1n) is 6.56. The lowest BCUT2D eigenvalue weighted by Gasteiger charge is -2.28. The second-order valence-corrected chi connectivity index (χ2v) is 5.34. The van der Waals surface area contributed by atoms with Crippen molar-refractivity contribution in [3.8, 4) is 0 Å². The number of aryl methyl sites for hydroxylation is 2. The third-order valence-corrected chi connectivity index (χ3v) is 3.55. The first-order valence-corrected chi connectivity index (χ1v) is 6.56. The molecule has 0 fully saturated rings. The summed E-state index contributed by atoms with van der Waals surface area (Å²) in [5, 5.41) is 9.70. The lowest BCUT2D eigenvalue weighted by molar-refractivity contribution is 0.195. The average Bonchev–Trinajstić information content (AvgIpc) is 2.42. The van der Waals surface area contributed by atoms with E-state index < -0.39 is 5.54 Å². The van der Waals surface area contributed by atoms with E-state index >= 15 is 0 Å². The fourth-order valence-corrected chi connectivity index (χ4v) is 2.20. The summed E-state index contributed by atoms with van der Waals surface area (Å²) in [7, 11) is 0. The third-order valence-electron chi connectivity index (χ3n) is 3.55. The highest BCUT2D eigenvalue weighted by Crippen LogP contribution is 2.23. The molecule has 2 nitrogen and oxygen atoms in total. The fraction of sp³-hybridized carbons (Fsp3) is 0.294. The molecule has 2 aromatic carbocycles. The number of hydrogen-bond acceptors (Lipinski definition) is 2. The van der Waals surface area contributed by atoms with E-state index in [-0.39, 0.29) is 6.61 Å². The Balaban J connectivity index is 2.27. The zero-order valence-electron chi connectivity index (χ0n) is 11.6. The SMILES string of the molecule is Cc1ccc(CC(N)(CO)c2ccc(C)cc2)cc1. The minimum Gasteiger partial charge on any atom is -0.394 e. The van der Waals surface area contributed by atoms with E-state index in [4.69, 9.17) is 5.73 Å². The third kappa shape index (κ3) is 3.22. The van der Waals surface area contributed by atoms with E-state index in [2.05, 4.69) is 31.2 Å². The van der Waals surface area contributed by atoms with Crippen molar-refractivity contribution in [1.29, 1.82) is 0 Å². The van der Waals surface area contributed by atoms with Gasteiger partial charge in [0.15, 0.2) is 0 Å². The molecule has 0 bridgehead atoms. The molecular weight excluding hydrogens is 234 g/mol. The van der Waals surface area contributed by atoms with Gasteiger partial charge in [0.1, 0.15) is 0 Å². The molecule has 100 valence electrons. The van der Waals surface area contributed by atoms with Crippen molar-refractivity contribution in [3.63, 3.8) is 0 Å². The summed E-state index contributed by atoms with van der Waals surface area (Å²) in [5.41, 5.74) is 10.2. The zero-order chi connectivity index (χ0) is 13.9. The van der Waals surface area contributed by atoms with E-state index in [1.54, 1.807) is 0 Å². The van der Waals surface area contributed by atoms with E-state index in [1.165, 1.54) is 11.1 Å². The van der Waals surface area contributed by atoms with Crippen LogP contribution in [0.4, 0.5) is 0 Å². The molecule has 1 unspecified atom stereocenters. The Morgan fingerprint density at radius 2 is 1.37 bits per heavy atom. The summed E-state index contributed by atoms with van der Waals surface area (Å²) < 4.78 is 0. The molecule has 0 radical (unpaired) electrons. The van der Waals surface area contributed by atoms with Gasteiger partial charge in [0.2, 0.25) is 0 Å². The van der Waals surface area contributed by atoms with Crippen LogP contribution in [0.1, 0.15) is 22.3 Å². The van der Waals surface area contributed by atoms with Gasteiger partial charge in [0.05, 0.1) is 12.1 Å². The maximum absolute atomic E-state index is 9.70. The van der Waals surface area contributed by atoms with E-state index in [1.807, 2.05) is 31.2 Å². The number of hydrogen-bond donors (Lipinski definition) is 2. The van der Waals surface area contributed by atoms with Crippen LogP contribution in [-0.2, 0) is 12.0 Å². The molecule has 0 aliphatic heterocycles. The minimum absolute atomic E-state index is 0.0655. The smallest absolute Gasteiger partial charge is 0.0684 e. The van der Waals surface area contributed by atoms with Gasteiger partial charge < -0.3 is 10.8 Å². The van der Waals surface area contributed by atoms with Crippen LogP contribution >= 0.6 is 0 Å². The largest absolute Gasteiger partial charge is 0.394 e. The van der Waals surface area contributed by atoms with Crippen LogP contribution in [0.15, 0.2) is 48.5 Å². The quantitative estimate of drug-likeness (QED) is 0.882. The Bertz CT molecular complexity index is 530. The van der Waals surface area contributed by atoms with Gasteiger partial charge in [0.25, 0.3) is 0 Å². The molecule has 2 heteroatoms. The van der Waals surface area contributed by atoms with E-state index in [9.17, 15) is 5.11 Å². The molecule has 0 aromatic heterocycles. The maximum atomic E-state index is 9.70. The van der Waals surface area contributed by atoms with Crippen molar-refractivity contribution in [2.24, 2.45) is 5.73 Å². The number of aliphatic hydroxyl groups excluding tert-OH is 1. The van der Waals surface area contributed by atoms with Gasteiger partial charge in [-0.05, 0) is 31.4 Å². The second-order valence-electron chi connectivity index (χ2n) is 5.34. The fourth-order valence-electron chi connectivity index (χ4n) is 2.20. The molecule has 2 rings (SSSR count).